The number of hydrogen-bond acceptors (Lipinski definition) is 4. The summed E-state index contributed by atoms with van der Waals surface area (Å²) in [5.74, 6) is -1.25. The Morgan fingerprint density at radius 3 is 2.43 bits per heavy atom. The molecule has 1 saturated heterocycles. The number of benzene rings is 2. The van der Waals surface area contributed by atoms with Crippen molar-refractivity contribution >= 4 is 23.6 Å². The number of likely N-dealkylation sites (tertiary alicyclic amines) is 1. The lowest BCUT2D eigenvalue weighted by molar-refractivity contribution is -0.130. The minimum atomic E-state index is -1.03. The van der Waals surface area contributed by atoms with Gasteiger partial charge in [0.25, 0.3) is 5.91 Å². The van der Waals surface area contributed by atoms with E-state index >= 15 is 0 Å². The SMILES string of the molecule is COC(=O)N1CCCC[C@@H]1C(=O)N(c1cccc(F)c1)[C@H](C(=O)NC1CCCCC1)c1ccccc1C. The molecule has 1 aliphatic heterocycles. The van der Waals surface area contributed by atoms with Crippen molar-refractivity contribution in [3.63, 3.8) is 0 Å². The number of carbonyl (C=O) groups excluding carboxylic acids is 3. The summed E-state index contributed by atoms with van der Waals surface area (Å²) in [7, 11) is 1.29. The van der Waals surface area contributed by atoms with E-state index in [1.807, 2.05) is 31.2 Å². The Balaban J connectivity index is 1.81. The molecule has 1 N–H and O–H groups in total. The second kappa shape index (κ2) is 12.2. The maximum atomic E-state index is 14.5. The van der Waals surface area contributed by atoms with Crippen molar-refractivity contribution < 1.29 is 23.5 Å². The van der Waals surface area contributed by atoms with Gasteiger partial charge in [0.15, 0.2) is 0 Å². The summed E-state index contributed by atoms with van der Waals surface area (Å²) in [5.41, 5.74) is 1.77. The van der Waals surface area contributed by atoms with Crippen molar-refractivity contribution in [1.82, 2.24) is 10.2 Å². The summed E-state index contributed by atoms with van der Waals surface area (Å²) < 4.78 is 19.5. The Morgan fingerprint density at radius 2 is 1.73 bits per heavy atom. The summed E-state index contributed by atoms with van der Waals surface area (Å²) in [6.45, 7) is 2.27. The standard InChI is InChI=1S/C29H36FN3O4/c1-20-11-6-7-16-24(20)26(27(34)31-22-13-4-3-5-14-22)33(23-15-10-12-21(30)19-23)28(35)25-17-8-9-18-32(25)29(36)37-2/h6-7,10-12,15-16,19,22,25-26H,3-5,8-9,13-14,17-18H2,1-2H3,(H,31,34)/t25-,26+/m1/s1. The molecule has 3 amide bonds. The number of rotatable bonds is 6. The van der Waals surface area contributed by atoms with E-state index in [9.17, 15) is 18.8 Å². The van der Waals surface area contributed by atoms with Crippen molar-refractivity contribution in [2.75, 3.05) is 18.6 Å². The van der Waals surface area contributed by atoms with E-state index in [2.05, 4.69) is 5.32 Å². The predicted octanol–water partition coefficient (Wildman–Crippen LogP) is 5.28. The second-order valence-electron chi connectivity index (χ2n) is 9.97. The van der Waals surface area contributed by atoms with E-state index in [0.717, 1.165) is 50.5 Å². The molecule has 198 valence electrons. The molecule has 2 fully saturated rings. The highest BCUT2D eigenvalue weighted by atomic mass is 19.1. The van der Waals surface area contributed by atoms with Crippen LogP contribution < -0.4 is 10.2 Å². The van der Waals surface area contributed by atoms with Gasteiger partial charge in [-0.25, -0.2) is 9.18 Å². The van der Waals surface area contributed by atoms with Crippen LogP contribution in [0.2, 0.25) is 0 Å². The fourth-order valence-corrected chi connectivity index (χ4v) is 5.53. The molecule has 2 aromatic carbocycles. The Bertz CT molecular complexity index is 1120. The minimum Gasteiger partial charge on any atom is -0.453 e. The van der Waals surface area contributed by atoms with E-state index < -0.39 is 29.9 Å². The summed E-state index contributed by atoms with van der Waals surface area (Å²) in [6, 6.07) is 11.3. The summed E-state index contributed by atoms with van der Waals surface area (Å²) >= 11 is 0. The first kappa shape index (κ1) is 26.6. The quantitative estimate of drug-likeness (QED) is 0.575. The molecule has 2 atom stereocenters. The minimum absolute atomic E-state index is 0.0264. The third-order valence-electron chi connectivity index (χ3n) is 7.46. The smallest absolute Gasteiger partial charge is 0.410 e. The van der Waals surface area contributed by atoms with Gasteiger partial charge in [0.2, 0.25) is 5.91 Å². The lowest BCUT2D eigenvalue weighted by atomic mass is 9.93. The highest BCUT2D eigenvalue weighted by Crippen LogP contribution is 2.34. The Morgan fingerprint density at radius 1 is 1.00 bits per heavy atom. The molecule has 7 nitrogen and oxygen atoms in total. The molecule has 1 heterocycles. The van der Waals surface area contributed by atoms with Gasteiger partial charge in [-0.05, 0) is 68.4 Å². The molecule has 0 radical (unpaired) electrons. The number of ether oxygens (including phenoxy) is 1. The zero-order valence-electron chi connectivity index (χ0n) is 21.6. The molecule has 0 bridgehead atoms. The van der Waals surface area contributed by atoms with Crippen molar-refractivity contribution in [2.24, 2.45) is 0 Å². The van der Waals surface area contributed by atoms with Crippen LogP contribution in [0.5, 0.6) is 0 Å². The number of carbonyl (C=O) groups is 3. The van der Waals surface area contributed by atoms with Gasteiger partial charge in [0.05, 0.1) is 7.11 Å². The number of halogens is 1. The van der Waals surface area contributed by atoms with Crippen LogP contribution in [0, 0.1) is 12.7 Å². The average Bonchev–Trinajstić information content (AvgIpc) is 2.92. The number of hydrogen-bond donors (Lipinski definition) is 1. The van der Waals surface area contributed by atoms with Crippen LogP contribution in [0.15, 0.2) is 48.5 Å². The molecule has 0 aromatic heterocycles. The molecule has 0 unspecified atom stereocenters. The molecule has 1 aliphatic carbocycles. The lowest BCUT2D eigenvalue weighted by Crippen LogP contribution is -2.56. The second-order valence-corrected chi connectivity index (χ2v) is 9.97. The number of methoxy groups -OCH3 is 1. The summed E-state index contributed by atoms with van der Waals surface area (Å²) in [6.07, 6.45) is 6.36. The number of anilines is 1. The molecular weight excluding hydrogens is 473 g/mol. The van der Waals surface area contributed by atoms with Crippen LogP contribution in [-0.2, 0) is 14.3 Å². The van der Waals surface area contributed by atoms with Crippen LogP contribution in [0.3, 0.4) is 0 Å². The fourth-order valence-electron chi connectivity index (χ4n) is 5.53. The molecule has 2 aromatic rings. The molecule has 0 spiro atoms. The zero-order valence-corrected chi connectivity index (χ0v) is 21.6. The van der Waals surface area contributed by atoms with Crippen LogP contribution in [0.4, 0.5) is 14.9 Å². The van der Waals surface area contributed by atoms with Crippen molar-refractivity contribution in [1.29, 1.82) is 0 Å². The van der Waals surface area contributed by atoms with Crippen molar-refractivity contribution in [3.05, 3.63) is 65.5 Å². The van der Waals surface area contributed by atoms with Gasteiger partial charge in [-0.1, -0.05) is 49.6 Å². The topological polar surface area (TPSA) is 79.0 Å². The van der Waals surface area contributed by atoms with Crippen LogP contribution in [-0.4, -0.2) is 48.5 Å². The number of aryl methyl sites for hydroxylation is 1. The van der Waals surface area contributed by atoms with E-state index in [1.54, 1.807) is 6.07 Å². The largest absolute Gasteiger partial charge is 0.453 e. The van der Waals surface area contributed by atoms with Gasteiger partial charge in [-0.3, -0.25) is 19.4 Å². The van der Waals surface area contributed by atoms with Crippen LogP contribution >= 0.6 is 0 Å². The van der Waals surface area contributed by atoms with Crippen molar-refractivity contribution in [3.8, 4) is 0 Å². The van der Waals surface area contributed by atoms with Gasteiger partial charge in [-0.15, -0.1) is 0 Å². The predicted molar refractivity (Wildman–Crippen MR) is 140 cm³/mol. The van der Waals surface area contributed by atoms with Gasteiger partial charge < -0.3 is 10.1 Å². The Kier molecular flexibility index (Phi) is 8.79. The number of amides is 3. The van der Waals surface area contributed by atoms with Crippen molar-refractivity contribution in [2.45, 2.75) is 76.4 Å². The van der Waals surface area contributed by atoms with Gasteiger partial charge in [0.1, 0.15) is 17.9 Å². The monoisotopic (exact) mass is 509 g/mol. The highest BCUT2D eigenvalue weighted by molar-refractivity contribution is 6.04. The third-order valence-corrected chi connectivity index (χ3v) is 7.46. The number of nitrogens with one attached hydrogen (secondary N) is 1. The maximum Gasteiger partial charge on any atom is 0.410 e. The van der Waals surface area contributed by atoms with E-state index in [4.69, 9.17) is 4.74 Å². The molecule has 4 rings (SSSR count). The average molecular weight is 510 g/mol. The van der Waals surface area contributed by atoms with Gasteiger partial charge in [0, 0.05) is 18.3 Å². The third kappa shape index (κ3) is 6.12. The zero-order chi connectivity index (χ0) is 26.4. The molecule has 2 aliphatic rings. The summed E-state index contributed by atoms with van der Waals surface area (Å²) in [4.78, 5) is 43.7. The number of nitrogens with zero attached hydrogens (tertiary/aromatic N) is 2. The lowest BCUT2D eigenvalue weighted by Gasteiger charge is -2.40. The molecule has 8 heteroatoms. The Hall–Kier alpha value is -3.42. The first-order chi connectivity index (χ1) is 17.9. The molecule has 37 heavy (non-hydrogen) atoms. The first-order valence-corrected chi connectivity index (χ1v) is 13.2. The maximum absolute atomic E-state index is 14.5. The summed E-state index contributed by atoms with van der Waals surface area (Å²) in [5, 5.41) is 3.18. The van der Waals surface area contributed by atoms with E-state index in [0.29, 0.717) is 18.5 Å². The normalized spacial score (nSPS) is 19.1. The highest BCUT2D eigenvalue weighted by Gasteiger charge is 2.41. The Labute approximate surface area is 218 Å². The van der Waals surface area contributed by atoms with Crippen LogP contribution in [0.1, 0.15) is 68.5 Å². The number of piperidine rings is 1. The fraction of sp³-hybridized carbons (Fsp3) is 0.483. The van der Waals surface area contributed by atoms with E-state index in [1.165, 1.54) is 35.1 Å². The van der Waals surface area contributed by atoms with Crippen LogP contribution in [0.25, 0.3) is 0 Å². The van der Waals surface area contributed by atoms with Gasteiger partial charge >= 0.3 is 6.09 Å². The molecular formula is C29H36FN3O4. The first-order valence-electron chi connectivity index (χ1n) is 13.2. The van der Waals surface area contributed by atoms with E-state index in [-0.39, 0.29) is 17.6 Å². The molecule has 1 saturated carbocycles. The van der Waals surface area contributed by atoms with Gasteiger partial charge in [-0.2, -0.15) is 0 Å².